The van der Waals surface area contributed by atoms with Crippen LogP contribution in [0.1, 0.15) is 17.5 Å². The summed E-state index contributed by atoms with van der Waals surface area (Å²) in [7, 11) is 1.64. The normalized spacial score (nSPS) is 12.8. The minimum atomic E-state index is -0.421. The molecule has 0 saturated carbocycles. The molecular formula is C20H24N2O3. The fourth-order valence-corrected chi connectivity index (χ4v) is 3.03. The Hall–Kier alpha value is -2.53. The fourth-order valence-electron chi connectivity index (χ4n) is 3.03. The van der Waals surface area contributed by atoms with Crippen molar-refractivity contribution in [2.45, 2.75) is 19.4 Å². The van der Waals surface area contributed by atoms with Crippen LogP contribution in [0.5, 0.6) is 5.75 Å². The van der Waals surface area contributed by atoms with E-state index in [-0.39, 0.29) is 0 Å². The molecule has 2 aromatic rings. The van der Waals surface area contributed by atoms with Gasteiger partial charge < -0.3 is 19.7 Å². The zero-order chi connectivity index (χ0) is 17.5. The molecule has 1 aliphatic heterocycles. The summed E-state index contributed by atoms with van der Waals surface area (Å²) < 4.78 is 10.3. The predicted octanol–water partition coefficient (Wildman–Crippen LogP) is 3.37. The van der Waals surface area contributed by atoms with Gasteiger partial charge in [0.15, 0.2) is 0 Å². The lowest BCUT2D eigenvalue weighted by Crippen LogP contribution is -2.28. The molecule has 0 saturated heterocycles. The molecule has 2 aromatic carbocycles. The molecule has 3 rings (SSSR count). The van der Waals surface area contributed by atoms with Crippen molar-refractivity contribution in [2.24, 2.45) is 0 Å². The lowest BCUT2D eigenvalue weighted by molar-refractivity contribution is 0.185. The second kappa shape index (κ2) is 8.53. The highest BCUT2D eigenvalue weighted by Gasteiger charge is 2.20. The van der Waals surface area contributed by atoms with E-state index >= 15 is 0 Å². The summed E-state index contributed by atoms with van der Waals surface area (Å²) in [5, 5.41) is 2.72. The Morgan fingerprint density at radius 3 is 2.84 bits per heavy atom. The van der Waals surface area contributed by atoms with Gasteiger partial charge >= 0.3 is 6.09 Å². The van der Waals surface area contributed by atoms with Gasteiger partial charge in [0.05, 0.1) is 0 Å². The van der Waals surface area contributed by atoms with Gasteiger partial charge in [-0.25, -0.2) is 4.79 Å². The molecule has 132 valence electrons. The van der Waals surface area contributed by atoms with E-state index in [9.17, 15) is 4.79 Å². The van der Waals surface area contributed by atoms with Gasteiger partial charge in [0, 0.05) is 39.0 Å². The Kier molecular flexibility index (Phi) is 5.90. The Labute approximate surface area is 148 Å². The van der Waals surface area contributed by atoms with Crippen LogP contribution in [0.2, 0.25) is 0 Å². The molecule has 25 heavy (non-hydrogen) atoms. The van der Waals surface area contributed by atoms with Gasteiger partial charge in [-0.2, -0.15) is 0 Å². The van der Waals surface area contributed by atoms with Gasteiger partial charge in [-0.05, 0) is 42.2 Å². The Morgan fingerprint density at radius 1 is 1.20 bits per heavy atom. The molecule has 1 amide bonds. The number of hydrogen-bond acceptors (Lipinski definition) is 4. The molecule has 1 N–H and O–H groups in total. The number of anilines is 1. The van der Waals surface area contributed by atoms with Crippen LogP contribution >= 0.6 is 0 Å². The summed E-state index contributed by atoms with van der Waals surface area (Å²) in [6.45, 7) is 3.05. The van der Waals surface area contributed by atoms with Crippen LogP contribution in [0.15, 0.2) is 48.5 Å². The van der Waals surface area contributed by atoms with Crippen LogP contribution in [0.4, 0.5) is 10.5 Å². The van der Waals surface area contributed by atoms with Crippen molar-refractivity contribution in [3.05, 3.63) is 59.7 Å². The number of nitrogens with one attached hydrogen (secondary N) is 1. The highest BCUT2D eigenvalue weighted by molar-refractivity contribution is 5.71. The number of hydrogen-bond donors (Lipinski definition) is 1. The average Bonchev–Trinajstić information content (AvgIpc) is 3.02. The van der Waals surface area contributed by atoms with Crippen LogP contribution in [0.25, 0.3) is 0 Å². The van der Waals surface area contributed by atoms with Gasteiger partial charge in [-0.15, -0.1) is 0 Å². The van der Waals surface area contributed by atoms with E-state index in [1.54, 1.807) is 7.11 Å². The third kappa shape index (κ3) is 4.73. The second-order valence-electron chi connectivity index (χ2n) is 6.11. The number of rotatable bonds is 7. The molecule has 0 spiro atoms. The SMILES string of the molecule is COCCCNC(=O)Oc1ccc2c(c1)CCN2Cc1ccccc1. The zero-order valence-corrected chi connectivity index (χ0v) is 14.5. The van der Waals surface area contributed by atoms with Gasteiger partial charge in [-0.3, -0.25) is 0 Å². The first-order chi connectivity index (χ1) is 12.3. The fraction of sp³-hybridized carbons (Fsp3) is 0.350. The lowest BCUT2D eigenvalue weighted by Gasteiger charge is -2.19. The maximum Gasteiger partial charge on any atom is 0.412 e. The summed E-state index contributed by atoms with van der Waals surface area (Å²) in [6, 6.07) is 16.3. The van der Waals surface area contributed by atoms with Crippen LogP contribution in [0.3, 0.4) is 0 Å². The third-order valence-corrected chi connectivity index (χ3v) is 4.26. The first-order valence-corrected chi connectivity index (χ1v) is 8.62. The molecule has 0 atom stereocenters. The van der Waals surface area contributed by atoms with E-state index in [2.05, 4.69) is 34.5 Å². The van der Waals surface area contributed by atoms with Gasteiger partial charge in [-0.1, -0.05) is 30.3 Å². The van der Waals surface area contributed by atoms with Gasteiger partial charge in [0.1, 0.15) is 5.75 Å². The molecule has 0 aromatic heterocycles. The highest BCUT2D eigenvalue weighted by Crippen LogP contribution is 2.32. The third-order valence-electron chi connectivity index (χ3n) is 4.26. The molecule has 0 bridgehead atoms. The smallest absolute Gasteiger partial charge is 0.410 e. The first kappa shape index (κ1) is 17.3. The standard InChI is InChI=1S/C20H24N2O3/c1-24-13-5-11-21-20(23)25-18-8-9-19-17(14-18)10-12-22(19)15-16-6-3-2-4-7-16/h2-4,6-9,14H,5,10-13,15H2,1H3,(H,21,23). The van der Waals surface area contributed by atoms with Crippen molar-refractivity contribution >= 4 is 11.8 Å². The van der Waals surface area contributed by atoms with Crippen LogP contribution < -0.4 is 15.0 Å². The molecule has 5 heteroatoms. The van der Waals surface area contributed by atoms with Crippen molar-refractivity contribution in [1.82, 2.24) is 5.32 Å². The molecule has 5 nitrogen and oxygen atoms in total. The predicted molar refractivity (Wildman–Crippen MR) is 98.2 cm³/mol. The maximum absolute atomic E-state index is 11.8. The maximum atomic E-state index is 11.8. The Morgan fingerprint density at radius 2 is 2.04 bits per heavy atom. The largest absolute Gasteiger partial charge is 0.412 e. The molecule has 0 unspecified atom stereocenters. The summed E-state index contributed by atoms with van der Waals surface area (Å²) in [5.41, 5.74) is 3.74. The first-order valence-electron chi connectivity index (χ1n) is 8.62. The monoisotopic (exact) mass is 340 g/mol. The number of nitrogens with zero attached hydrogens (tertiary/aromatic N) is 1. The average molecular weight is 340 g/mol. The number of ether oxygens (including phenoxy) is 2. The minimum absolute atomic E-state index is 0.421. The molecule has 1 heterocycles. The number of carbonyl (C=O) groups is 1. The number of methoxy groups -OCH3 is 1. The summed E-state index contributed by atoms with van der Waals surface area (Å²) in [6.07, 6.45) is 1.31. The summed E-state index contributed by atoms with van der Waals surface area (Å²) in [5.74, 6) is 0.588. The minimum Gasteiger partial charge on any atom is -0.410 e. The van der Waals surface area contributed by atoms with Crippen molar-refractivity contribution in [2.75, 3.05) is 31.7 Å². The molecule has 1 aliphatic rings. The van der Waals surface area contributed by atoms with Gasteiger partial charge in [0.25, 0.3) is 0 Å². The van der Waals surface area contributed by atoms with Crippen LogP contribution in [-0.2, 0) is 17.7 Å². The second-order valence-corrected chi connectivity index (χ2v) is 6.11. The molecule has 0 aliphatic carbocycles. The Bertz CT molecular complexity index is 703. The lowest BCUT2D eigenvalue weighted by atomic mass is 10.1. The summed E-state index contributed by atoms with van der Waals surface area (Å²) >= 11 is 0. The van der Waals surface area contributed by atoms with Crippen LogP contribution in [-0.4, -0.2) is 32.9 Å². The summed E-state index contributed by atoms with van der Waals surface area (Å²) in [4.78, 5) is 14.2. The van der Waals surface area contributed by atoms with Crippen molar-refractivity contribution in [3.63, 3.8) is 0 Å². The van der Waals surface area contributed by atoms with E-state index < -0.39 is 6.09 Å². The number of amides is 1. The topological polar surface area (TPSA) is 50.8 Å². The molecular weight excluding hydrogens is 316 g/mol. The van der Waals surface area contributed by atoms with Crippen LogP contribution in [0, 0.1) is 0 Å². The van der Waals surface area contributed by atoms with Gasteiger partial charge in [0.2, 0.25) is 0 Å². The van der Waals surface area contributed by atoms with E-state index in [0.717, 1.165) is 25.9 Å². The van der Waals surface area contributed by atoms with Crippen molar-refractivity contribution < 1.29 is 14.3 Å². The Balaban J connectivity index is 1.57. The van der Waals surface area contributed by atoms with E-state index in [0.29, 0.717) is 18.9 Å². The zero-order valence-electron chi connectivity index (χ0n) is 14.5. The quantitative estimate of drug-likeness (QED) is 0.785. The number of carbonyl (C=O) groups excluding carboxylic acids is 1. The number of benzene rings is 2. The molecule has 0 fully saturated rings. The van der Waals surface area contributed by atoms with E-state index in [4.69, 9.17) is 9.47 Å². The van der Waals surface area contributed by atoms with E-state index in [1.807, 2.05) is 24.3 Å². The highest BCUT2D eigenvalue weighted by atomic mass is 16.6. The van der Waals surface area contributed by atoms with Crippen molar-refractivity contribution in [3.8, 4) is 5.75 Å². The van der Waals surface area contributed by atoms with E-state index in [1.165, 1.54) is 16.8 Å². The molecule has 0 radical (unpaired) electrons. The van der Waals surface area contributed by atoms with Crippen molar-refractivity contribution in [1.29, 1.82) is 0 Å². The number of fused-ring (bicyclic) bond motifs is 1.